The molecule has 0 bridgehead atoms. The van der Waals surface area contributed by atoms with E-state index < -0.39 is 0 Å². The highest BCUT2D eigenvalue weighted by Crippen LogP contribution is 2.33. The van der Waals surface area contributed by atoms with Gasteiger partial charge in [-0.15, -0.1) is 0 Å². The van der Waals surface area contributed by atoms with Crippen LogP contribution in [0.3, 0.4) is 0 Å². The first-order chi connectivity index (χ1) is 9.99. The average molecular weight is 321 g/mol. The summed E-state index contributed by atoms with van der Waals surface area (Å²) < 4.78 is 1.41. The van der Waals surface area contributed by atoms with Crippen molar-refractivity contribution in [3.05, 3.63) is 50.9 Å². The van der Waals surface area contributed by atoms with Gasteiger partial charge in [-0.3, -0.25) is 9.36 Å². The van der Waals surface area contributed by atoms with E-state index in [4.69, 9.17) is 28.9 Å². The Labute approximate surface area is 130 Å². The second-order valence-corrected chi connectivity index (χ2v) is 5.34. The Balaban J connectivity index is 2.42. The molecule has 0 saturated heterocycles. The Morgan fingerprint density at radius 2 is 1.90 bits per heavy atom. The van der Waals surface area contributed by atoms with Crippen molar-refractivity contribution < 1.29 is 0 Å². The maximum Gasteiger partial charge on any atom is 0.259 e. The number of nitrogen functional groups attached to an aromatic ring is 1. The van der Waals surface area contributed by atoms with E-state index >= 15 is 0 Å². The zero-order chi connectivity index (χ0) is 15.1. The second kappa shape index (κ2) is 5.02. The third-order valence-corrected chi connectivity index (χ3v) is 3.83. The number of aromatic nitrogens is 3. The van der Waals surface area contributed by atoms with Crippen LogP contribution in [-0.2, 0) is 7.05 Å². The lowest BCUT2D eigenvalue weighted by Crippen LogP contribution is -2.20. The monoisotopic (exact) mass is 320 g/mol. The molecule has 0 fully saturated rings. The van der Waals surface area contributed by atoms with Gasteiger partial charge >= 0.3 is 0 Å². The van der Waals surface area contributed by atoms with Gasteiger partial charge in [0.2, 0.25) is 5.95 Å². The van der Waals surface area contributed by atoms with Crippen molar-refractivity contribution in [2.75, 3.05) is 5.73 Å². The summed E-state index contributed by atoms with van der Waals surface area (Å²) in [7, 11) is 1.62. The molecular formula is C14H10Cl2N4O. The predicted molar refractivity (Wildman–Crippen MR) is 84.6 cm³/mol. The van der Waals surface area contributed by atoms with Gasteiger partial charge in [0.05, 0.1) is 15.6 Å². The van der Waals surface area contributed by atoms with Gasteiger partial charge in [0, 0.05) is 24.2 Å². The van der Waals surface area contributed by atoms with E-state index in [1.165, 1.54) is 4.57 Å². The molecular weight excluding hydrogens is 311 g/mol. The molecule has 5 nitrogen and oxygen atoms in total. The summed E-state index contributed by atoms with van der Waals surface area (Å²) in [6.45, 7) is 0. The zero-order valence-electron chi connectivity index (χ0n) is 11.0. The van der Waals surface area contributed by atoms with E-state index in [9.17, 15) is 4.79 Å². The molecule has 0 atom stereocenters. The van der Waals surface area contributed by atoms with Crippen LogP contribution >= 0.6 is 23.2 Å². The lowest BCUT2D eigenvalue weighted by molar-refractivity contribution is 0.888. The number of hydrogen-bond donors (Lipinski definition) is 1. The van der Waals surface area contributed by atoms with Gasteiger partial charge in [0.25, 0.3) is 5.56 Å². The lowest BCUT2D eigenvalue weighted by Gasteiger charge is -2.10. The van der Waals surface area contributed by atoms with Crippen LogP contribution in [0.15, 0.2) is 35.3 Å². The number of aryl methyl sites for hydroxylation is 1. The average Bonchev–Trinajstić information content (AvgIpc) is 2.44. The van der Waals surface area contributed by atoms with Crippen LogP contribution in [0.2, 0.25) is 10.0 Å². The number of halogens is 2. The van der Waals surface area contributed by atoms with E-state index in [0.29, 0.717) is 32.2 Å². The minimum absolute atomic E-state index is 0.112. The summed E-state index contributed by atoms with van der Waals surface area (Å²) in [5.74, 6) is 0.112. The summed E-state index contributed by atoms with van der Waals surface area (Å²) >= 11 is 12.4. The SMILES string of the molecule is Cn1c(=O)c(-c2c(Cl)cccc2Cl)cc2cnc(N)nc21. The molecule has 1 aromatic carbocycles. The normalized spacial score (nSPS) is 11.0. The smallest absolute Gasteiger partial charge is 0.259 e. The number of nitrogens with two attached hydrogens (primary N) is 1. The first kappa shape index (κ1) is 13.9. The number of nitrogens with zero attached hydrogens (tertiary/aromatic N) is 3. The van der Waals surface area contributed by atoms with Gasteiger partial charge in [-0.2, -0.15) is 4.98 Å². The third kappa shape index (κ3) is 2.24. The van der Waals surface area contributed by atoms with E-state index in [0.717, 1.165) is 0 Å². The fourth-order valence-corrected chi connectivity index (χ4v) is 2.80. The van der Waals surface area contributed by atoms with Crippen molar-refractivity contribution in [3.63, 3.8) is 0 Å². The van der Waals surface area contributed by atoms with E-state index in [1.54, 1.807) is 37.5 Å². The Kier molecular flexibility index (Phi) is 3.31. The van der Waals surface area contributed by atoms with Gasteiger partial charge in [-0.25, -0.2) is 4.98 Å². The second-order valence-electron chi connectivity index (χ2n) is 4.53. The predicted octanol–water partition coefficient (Wildman–Crippen LogP) is 2.88. The summed E-state index contributed by atoms with van der Waals surface area (Å²) in [6.07, 6.45) is 1.56. The molecule has 0 aliphatic heterocycles. The minimum Gasteiger partial charge on any atom is -0.368 e. The Bertz CT molecular complexity index is 900. The standard InChI is InChI=1S/C14H10Cl2N4O/c1-20-12-7(6-18-14(17)19-12)5-8(13(20)21)11-9(15)3-2-4-10(11)16/h2-6H,1H3,(H2,17,18,19). The van der Waals surface area contributed by atoms with Crippen LogP contribution in [0.4, 0.5) is 5.95 Å². The van der Waals surface area contributed by atoms with E-state index in [-0.39, 0.29) is 11.5 Å². The van der Waals surface area contributed by atoms with Crippen LogP contribution in [-0.4, -0.2) is 14.5 Å². The molecule has 2 heterocycles. The molecule has 0 saturated carbocycles. The molecule has 3 aromatic rings. The Morgan fingerprint density at radius 3 is 2.57 bits per heavy atom. The number of pyridine rings is 1. The van der Waals surface area contributed by atoms with Gasteiger partial charge in [-0.05, 0) is 18.2 Å². The van der Waals surface area contributed by atoms with Crippen LogP contribution in [0.1, 0.15) is 0 Å². The van der Waals surface area contributed by atoms with Crippen molar-refractivity contribution in [2.45, 2.75) is 0 Å². The van der Waals surface area contributed by atoms with E-state index in [2.05, 4.69) is 9.97 Å². The number of hydrogen-bond acceptors (Lipinski definition) is 4. The molecule has 2 N–H and O–H groups in total. The molecule has 0 unspecified atom stereocenters. The molecule has 0 aliphatic carbocycles. The molecule has 106 valence electrons. The minimum atomic E-state index is -0.254. The van der Waals surface area contributed by atoms with Crippen LogP contribution in [0, 0.1) is 0 Å². The van der Waals surface area contributed by atoms with Crippen LogP contribution < -0.4 is 11.3 Å². The molecule has 0 radical (unpaired) electrons. The van der Waals surface area contributed by atoms with Crippen molar-refractivity contribution in [2.24, 2.45) is 7.05 Å². The van der Waals surface area contributed by atoms with Crippen molar-refractivity contribution in [1.29, 1.82) is 0 Å². The first-order valence-corrected chi connectivity index (χ1v) is 6.81. The molecule has 2 aromatic heterocycles. The molecule has 0 amide bonds. The van der Waals surface area contributed by atoms with Gasteiger partial charge in [0.15, 0.2) is 0 Å². The van der Waals surface area contributed by atoms with Crippen molar-refractivity contribution in [1.82, 2.24) is 14.5 Å². The van der Waals surface area contributed by atoms with Gasteiger partial charge < -0.3 is 5.73 Å². The molecule has 3 rings (SSSR count). The Morgan fingerprint density at radius 1 is 1.24 bits per heavy atom. The number of anilines is 1. The number of benzene rings is 1. The fraction of sp³-hybridized carbons (Fsp3) is 0.0714. The fourth-order valence-electron chi connectivity index (χ4n) is 2.19. The lowest BCUT2D eigenvalue weighted by atomic mass is 10.1. The Hall–Kier alpha value is -2.11. The van der Waals surface area contributed by atoms with Crippen LogP contribution in [0.5, 0.6) is 0 Å². The molecule has 7 heteroatoms. The summed E-state index contributed by atoms with van der Waals surface area (Å²) in [5, 5.41) is 1.50. The summed E-state index contributed by atoms with van der Waals surface area (Å²) in [4.78, 5) is 20.6. The molecule has 0 spiro atoms. The molecule has 0 aliphatic rings. The maximum atomic E-state index is 12.5. The first-order valence-electron chi connectivity index (χ1n) is 6.05. The zero-order valence-corrected chi connectivity index (χ0v) is 12.5. The topological polar surface area (TPSA) is 73.8 Å². The summed E-state index contributed by atoms with van der Waals surface area (Å²) in [5.41, 5.74) is 6.66. The highest BCUT2D eigenvalue weighted by atomic mass is 35.5. The van der Waals surface area contributed by atoms with E-state index in [1.807, 2.05) is 0 Å². The largest absolute Gasteiger partial charge is 0.368 e. The maximum absolute atomic E-state index is 12.5. The highest BCUT2D eigenvalue weighted by Gasteiger charge is 2.15. The highest BCUT2D eigenvalue weighted by molar-refractivity contribution is 6.39. The number of fused-ring (bicyclic) bond motifs is 1. The van der Waals surface area contributed by atoms with Crippen molar-refractivity contribution in [3.8, 4) is 11.1 Å². The molecule has 21 heavy (non-hydrogen) atoms. The summed E-state index contributed by atoms with van der Waals surface area (Å²) in [6, 6.07) is 6.77. The van der Waals surface area contributed by atoms with Gasteiger partial charge in [0.1, 0.15) is 5.65 Å². The van der Waals surface area contributed by atoms with Gasteiger partial charge in [-0.1, -0.05) is 29.3 Å². The number of rotatable bonds is 1. The third-order valence-electron chi connectivity index (χ3n) is 3.20. The van der Waals surface area contributed by atoms with Crippen LogP contribution in [0.25, 0.3) is 22.2 Å². The quantitative estimate of drug-likeness (QED) is 0.748. The van der Waals surface area contributed by atoms with Crippen molar-refractivity contribution >= 4 is 40.2 Å².